The molecule has 145 valence electrons. The van der Waals surface area contributed by atoms with Gasteiger partial charge < -0.3 is 0 Å². The van der Waals surface area contributed by atoms with Gasteiger partial charge in [-0.05, 0) is 59.2 Å². The SMILES string of the molecule is CC(C)(C)[N]=[Ta].C[C]1[C](C)[C](C)[C](C)[C]1C.C[C]1[C](C)[C](C)[C](C)[C]1C. The third kappa shape index (κ3) is 7.17. The van der Waals surface area contributed by atoms with Gasteiger partial charge in [-0.15, -0.1) is 0 Å². The molecule has 0 bridgehead atoms. The molecular weight excluding hydrogens is 483 g/mol. The van der Waals surface area contributed by atoms with Crippen LogP contribution in [0.2, 0.25) is 0 Å². The number of hydrogen-bond donors (Lipinski definition) is 0. The van der Waals surface area contributed by atoms with Crippen molar-refractivity contribution in [3.63, 3.8) is 0 Å². The number of nitrogens with zero attached hydrogens (tertiary/aromatic N) is 1. The van der Waals surface area contributed by atoms with E-state index in [1.54, 1.807) is 0 Å². The van der Waals surface area contributed by atoms with E-state index in [4.69, 9.17) is 0 Å². The Labute approximate surface area is 178 Å². The Morgan fingerprint density at radius 3 is 0.538 bits per heavy atom. The zero-order valence-electron chi connectivity index (χ0n) is 19.4. The monoisotopic (exact) mass is 522 g/mol. The summed E-state index contributed by atoms with van der Waals surface area (Å²) in [4.78, 5) is 0. The molecule has 2 fully saturated rings. The van der Waals surface area contributed by atoms with Crippen molar-refractivity contribution >= 4 is 0 Å². The van der Waals surface area contributed by atoms with E-state index >= 15 is 0 Å². The van der Waals surface area contributed by atoms with Gasteiger partial charge in [-0.25, -0.2) is 0 Å². The maximum atomic E-state index is 4.13. The summed E-state index contributed by atoms with van der Waals surface area (Å²) in [6.45, 7) is 28.3. The van der Waals surface area contributed by atoms with Gasteiger partial charge in [-0.2, -0.15) is 0 Å². The minimum atomic E-state index is 0.216. The molecule has 0 unspecified atom stereocenters. The van der Waals surface area contributed by atoms with Crippen LogP contribution in [-0.4, -0.2) is 5.54 Å². The van der Waals surface area contributed by atoms with Crippen LogP contribution in [0.5, 0.6) is 0 Å². The fraction of sp³-hybridized carbons (Fsp3) is 0.583. The second kappa shape index (κ2) is 10.9. The van der Waals surface area contributed by atoms with Gasteiger partial charge >= 0.3 is 50.5 Å². The molecule has 2 heteroatoms. The van der Waals surface area contributed by atoms with Gasteiger partial charge in [0.05, 0.1) is 0 Å². The molecule has 0 aliphatic heterocycles. The van der Waals surface area contributed by atoms with Crippen LogP contribution in [0.4, 0.5) is 0 Å². The van der Waals surface area contributed by atoms with Crippen molar-refractivity contribution < 1.29 is 20.9 Å². The van der Waals surface area contributed by atoms with E-state index in [0.29, 0.717) is 0 Å². The van der Waals surface area contributed by atoms with Crippen LogP contribution in [0.3, 0.4) is 0 Å². The van der Waals surface area contributed by atoms with E-state index in [1.165, 1.54) is 59.2 Å². The largest absolute Gasteiger partial charge is 0.0579 e. The molecule has 0 N–H and O–H groups in total. The molecule has 0 aromatic heterocycles. The van der Waals surface area contributed by atoms with Gasteiger partial charge in [0.1, 0.15) is 0 Å². The molecule has 0 aromatic rings. The van der Waals surface area contributed by atoms with Crippen LogP contribution in [0.25, 0.3) is 0 Å². The first-order valence-electron chi connectivity index (χ1n) is 9.42. The van der Waals surface area contributed by atoms with E-state index in [0.717, 1.165) is 20.9 Å². The van der Waals surface area contributed by atoms with Crippen molar-refractivity contribution in [2.24, 2.45) is 3.34 Å². The van der Waals surface area contributed by atoms with Gasteiger partial charge in [-0.1, -0.05) is 69.2 Å². The van der Waals surface area contributed by atoms with E-state index in [-0.39, 0.29) is 5.54 Å². The zero-order valence-corrected chi connectivity index (χ0v) is 22.6. The minimum absolute atomic E-state index is 0.216. The maximum absolute atomic E-state index is 4.13. The first kappa shape index (κ1) is 26.5. The first-order chi connectivity index (χ1) is 11.7. The molecule has 2 rings (SSSR count). The van der Waals surface area contributed by atoms with Crippen molar-refractivity contribution in [2.75, 3.05) is 0 Å². The van der Waals surface area contributed by atoms with Gasteiger partial charge in [0, 0.05) is 0 Å². The van der Waals surface area contributed by atoms with Gasteiger partial charge in [0.25, 0.3) is 0 Å². The van der Waals surface area contributed by atoms with Crippen molar-refractivity contribution in [2.45, 2.75) is 95.5 Å². The van der Waals surface area contributed by atoms with Crippen LogP contribution in [-0.2, 0) is 20.9 Å². The maximum Gasteiger partial charge on any atom is -0.0130 e. The molecular formula is C24H39NTa. The van der Waals surface area contributed by atoms with Crippen LogP contribution in [0.1, 0.15) is 90.0 Å². The van der Waals surface area contributed by atoms with Crippen LogP contribution in [0, 0.1) is 59.2 Å². The Bertz CT molecular complexity index is 293. The minimum Gasteiger partial charge on any atom is -0.0579 e. The first-order valence-corrected chi connectivity index (χ1v) is 10.9. The fourth-order valence-corrected chi connectivity index (χ4v) is 2.81. The van der Waals surface area contributed by atoms with Gasteiger partial charge in [0.15, 0.2) is 0 Å². The topological polar surface area (TPSA) is 12.4 Å². The second-order valence-electron chi connectivity index (χ2n) is 8.52. The average Bonchev–Trinajstić information content (AvgIpc) is 2.86. The van der Waals surface area contributed by atoms with Gasteiger partial charge in [0.2, 0.25) is 0 Å². The third-order valence-corrected chi connectivity index (χ3v) is 8.08. The molecule has 2 aliphatic rings. The Morgan fingerprint density at radius 1 is 0.423 bits per heavy atom. The summed E-state index contributed by atoms with van der Waals surface area (Å²) in [6.07, 6.45) is 0. The molecule has 2 saturated carbocycles. The summed E-state index contributed by atoms with van der Waals surface area (Å²) in [6, 6.07) is 0. The Balaban J connectivity index is 0.000000375. The normalized spacial score (nSPS) is 24.5. The summed E-state index contributed by atoms with van der Waals surface area (Å²) in [5.41, 5.74) is 0.216. The van der Waals surface area contributed by atoms with Crippen LogP contribution < -0.4 is 0 Å². The van der Waals surface area contributed by atoms with Gasteiger partial charge in [-0.3, -0.25) is 0 Å². The predicted molar refractivity (Wildman–Crippen MR) is 111 cm³/mol. The number of hydrogen-bond acceptors (Lipinski definition) is 1. The molecule has 0 amide bonds. The standard InChI is InChI=1S/2C10H15.C4H9N.Ta/c2*1-6-7(2)9(4)10(5)8(6)3;1-4(2,3)5;/h2*1-5H3;1-3H3;. The smallest absolute Gasteiger partial charge is 0.0130 e. The van der Waals surface area contributed by atoms with E-state index < -0.39 is 0 Å². The summed E-state index contributed by atoms with van der Waals surface area (Å²) >= 11 is 1.15. The fourth-order valence-electron chi connectivity index (χ4n) is 2.81. The van der Waals surface area contributed by atoms with Crippen LogP contribution in [0.15, 0.2) is 3.34 Å². The Kier molecular flexibility index (Phi) is 11.1. The van der Waals surface area contributed by atoms with E-state index in [1.807, 2.05) is 0 Å². The zero-order chi connectivity index (χ0) is 21.0. The molecule has 0 spiro atoms. The Hall–Kier alpha value is 0.540. The number of rotatable bonds is 0. The quantitative estimate of drug-likeness (QED) is 0.313. The summed E-state index contributed by atoms with van der Waals surface area (Å²) < 4.78 is 4.13. The molecule has 1 nitrogen and oxygen atoms in total. The van der Waals surface area contributed by atoms with Crippen LogP contribution >= 0.6 is 0 Å². The molecule has 0 heterocycles. The molecule has 26 heavy (non-hydrogen) atoms. The molecule has 10 radical (unpaired) electrons. The molecule has 0 saturated heterocycles. The van der Waals surface area contributed by atoms with E-state index in [9.17, 15) is 0 Å². The van der Waals surface area contributed by atoms with Crippen molar-refractivity contribution in [1.82, 2.24) is 0 Å². The Morgan fingerprint density at radius 2 is 0.500 bits per heavy atom. The molecule has 2 aliphatic carbocycles. The van der Waals surface area contributed by atoms with Crippen molar-refractivity contribution in [1.29, 1.82) is 0 Å². The van der Waals surface area contributed by atoms with E-state index in [2.05, 4.69) is 93.3 Å². The second-order valence-corrected chi connectivity index (χ2v) is 9.24. The van der Waals surface area contributed by atoms with Crippen molar-refractivity contribution in [3.05, 3.63) is 59.2 Å². The summed E-state index contributed by atoms with van der Waals surface area (Å²) in [7, 11) is 0. The third-order valence-electron chi connectivity index (χ3n) is 5.92. The van der Waals surface area contributed by atoms with Crippen molar-refractivity contribution in [3.8, 4) is 0 Å². The predicted octanol–water partition coefficient (Wildman–Crippen LogP) is 7.46. The summed E-state index contributed by atoms with van der Waals surface area (Å²) in [5, 5.41) is 0. The molecule has 0 aromatic carbocycles. The summed E-state index contributed by atoms with van der Waals surface area (Å²) in [5.74, 6) is 14.7. The molecule has 0 atom stereocenters. The average molecular weight is 523 g/mol.